The Balaban J connectivity index is 2.19. The molecule has 0 radical (unpaired) electrons. The minimum atomic E-state index is -3.92. The fourth-order valence-electron chi connectivity index (χ4n) is 2.89. The fourth-order valence-corrected chi connectivity index (χ4v) is 4.56. The lowest BCUT2D eigenvalue weighted by molar-refractivity contribution is -0.143. The third kappa shape index (κ3) is 4.69. The molecular weight excluding hydrogens is 376 g/mol. The molecule has 0 saturated carbocycles. The van der Waals surface area contributed by atoms with Gasteiger partial charge in [0.2, 0.25) is 15.9 Å². The highest BCUT2D eigenvalue weighted by atomic mass is 32.2. The zero-order chi connectivity index (χ0) is 20.0. The number of ether oxygens (including phenoxy) is 3. The van der Waals surface area contributed by atoms with E-state index >= 15 is 0 Å². The monoisotopic (exact) mass is 400 g/mol. The highest BCUT2D eigenvalue weighted by molar-refractivity contribution is 7.89. The summed E-state index contributed by atoms with van der Waals surface area (Å²) < 4.78 is 42.2. The van der Waals surface area contributed by atoms with Gasteiger partial charge in [-0.3, -0.25) is 9.59 Å². The molecule has 1 amide bonds. The van der Waals surface area contributed by atoms with E-state index in [0.717, 1.165) is 4.31 Å². The Hall–Kier alpha value is -2.33. The highest BCUT2D eigenvalue weighted by Gasteiger charge is 2.39. The number of nitrogens with one attached hydrogen (secondary N) is 1. The van der Waals surface area contributed by atoms with Crippen molar-refractivity contribution in [2.75, 3.05) is 33.9 Å². The summed E-state index contributed by atoms with van der Waals surface area (Å²) in [4.78, 5) is 23.8. The molecule has 1 aromatic rings. The Morgan fingerprint density at radius 3 is 2.56 bits per heavy atom. The van der Waals surface area contributed by atoms with Gasteiger partial charge in [0.15, 0.2) is 11.5 Å². The standard InChI is InChI=1S/C17H24N2O7S/c1-4-26-16(20)11-18-17(21)13-6-5-9-19(13)27(22,23)12-7-8-14(24-2)15(10-12)25-3/h7-8,10,13H,4-6,9,11H2,1-3H3,(H,18,21). The van der Waals surface area contributed by atoms with Crippen molar-refractivity contribution in [1.29, 1.82) is 0 Å². The molecule has 0 spiro atoms. The number of esters is 1. The summed E-state index contributed by atoms with van der Waals surface area (Å²) in [7, 11) is -1.05. The molecule has 1 N–H and O–H groups in total. The minimum Gasteiger partial charge on any atom is -0.493 e. The maximum absolute atomic E-state index is 13.0. The predicted molar refractivity (Wildman–Crippen MR) is 96.1 cm³/mol. The molecule has 9 nitrogen and oxygen atoms in total. The number of hydrogen-bond acceptors (Lipinski definition) is 7. The molecule has 1 heterocycles. The van der Waals surface area contributed by atoms with Crippen molar-refractivity contribution in [2.45, 2.75) is 30.7 Å². The van der Waals surface area contributed by atoms with Crippen LogP contribution < -0.4 is 14.8 Å². The van der Waals surface area contributed by atoms with Crippen LogP contribution in [0.15, 0.2) is 23.1 Å². The molecule has 1 aliphatic heterocycles. The lowest BCUT2D eigenvalue weighted by Crippen LogP contribution is -2.47. The van der Waals surface area contributed by atoms with Crippen molar-refractivity contribution < 1.29 is 32.2 Å². The smallest absolute Gasteiger partial charge is 0.325 e. The molecule has 10 heteroatoms. The Labute approximate surface area is 158 Å². The lowest BCUT2D eigenvalue weighted by atomic mass is 10.2. The van der Waals surface area contributed by atoms with E-state index in [0.29, 0.717) is 18.6 Å². The first kappa shape index (κ1) is 21.0. The van der Waals surface area contributed by atoms with Crippen molar-refractivity contribution in [3.63, 3.8) is 0 Å². The molecule has 2 rings (SSSR count). The second-order valence-electron chi connectivity index (χ2n) is 5.81. The van der Waals surface area contributed by atoms with Crippen molar-refractivity contribution >= 4 is 21.9 Å². The van der Waals surface area contributed by atoms with Gasteiger partial charge in [0.25, 0.3) is 0 Å². The molecular formula is C17H24N2O7S. The number of sulfonamides is 1. The Morgan fingerprint density at radius 1 is 1.22 bits per heavy atom. The van der Waals surface area contributed by atoms with Gasteiger partial charge in [-0.05, 0) is 31.9 Å². The third-order valence-electron chi connectivity index (χ3n) is 4.18. The van der Waals surface area contributed by atoms with Gasteiger partial charge in [0, 0.05) is 12.6 Å². The van der Waals surface area contributed by atoms with Gasteiger partial charge in [0.1, 0.15) is 12.6 Å². The average molecular weight is 400 g/mol. The van der Waals surface area contributed by atoms with Crippen LogP contribution in [-0.2, 0) is 24.3 Å². The summed E-state index contributed by atoms with van der Waals surface area (Å²) in [6.07, 6.45) is 0.922. The van der Waals surface area contributed by atoms with Crippen LogP contribution in [0.4, 0.5) is 0 Å². The first-order valence-corrected chi connectivity index (χ1v) is 9.96. The maximum atomic E-state index is 13.0. The molecule has 1 atom stereocenters. The van der Waals surface area contributed by atoms with Crippen LogP contribution in [0.3, 0.4) is 0 Å². The summed E-state index contributed by atoms with van der Waals surface area (Å²) >= 11 is 0. The van der Waals surface area contributed by atoms with E-state index < -0.39 is 27.9 Å². The Kier molecular flexibility index (Phi) is 7.03. The number of carbonyl (C=O) groups excluding carboxylic acids is 2. The van der Waals surface area contributed by atoms with Gasteiger partial charge < -0.3 is 19.5 Å². The highest BCUT2D eigenvalue weighted by Crippen LogP contribution is 2.33. The normalized spacial score (nSPS) is 17.4. The minimum absolute atomic E-state index is 0.00485. The number of benzene rings is 1. The van der Waals surface area contributed by atoms with Crippen LogP contribution in [0, 0.1) is 0 Å². The molecule has 0 bridgehead atoms. The molecule has 150 valence electrons. The van der Waals surface area contributed by atoms with Gasteiger partial charge in [0.05, 0.1) is 25.7 Å². The van der Waals surface area contributed by atoms with Gasteiger partial charge >= 0.3 is 5.97 Å². The second kappa shape index (κ2) is 9.05. The number of nitrogens with zero attached hydrogens (tertiary/aromatic N) is 1. The summed E-state index contributed by atoms with van der Waals surface area (Å²) in [5, 5.41) is 2.44. The summed E-state index contributed by atoms with van der Waals surface area (Å²) in [6, 6.07) is 3.39. The van der Waals surface area contributed by atoms with E-state index in [4.69, 9.17) is 14.2 Å². The molecule has 1 fully saturated rings. The lowest BCUT2D eigenvalue weighted by Gasteiger charge is -2.23. The topological polar surface area (TPSA) is 111 Å². The van der Waals surface area contributed by atoms with Gasteiger partial charge in [-0.15, -0.1) is 0 Å². The molecule has 0 aromatic heterocycles. The summed E-state index contributed by atoms with van der Waals surface area (Å²) in [6.45, 7) is 1.79. The van der Waals surface area contributed by atoms with E-state index in [2.05, 4.69) is 5.32 Å². The van der Waals surface area contributed by atoms with E-state index in [-0.39, 0.29) is 30.3 Å². The zero-order valence-electron chi connectivity index (χ0n) is 15.6. The van der Waals surface area contributed by atoms with E-state index in [1.165, 1.54) is 32.4 Å². The van der Waals surface area contributed by atoms with Crippen LogP contribution in [0.25, 0.3) is 0 Å². The first-order valence-electron chi connectivity index (χ1n) is 8.52. The van der Waals surface area contributed by atoms with Gasteiger partial charge in [-0.25, -0.2) is 8.42 Å². The number of amides is 1. The number of methoxy groups -OCH3 is 2. The van der Waals surface area contributed by atoms with Crippen molar-refractivity contribution in [2.24, 2.45) is 0 Å². The third-order valence-corrected chi connectivity index (χ3v) is 6.08. The Morgan fingerprint density at radius 2 is 1.93 bits per heavy atom. The quantitative estimate of drug-likeness (QED) is 0.634. The van der Waals surface area contributed by atoms with Crippen molar-refractivity contribution in [3.8, 4) is 11.5 Å². The predicted octanol–water partition coefficient (Wildman–Crippen LogP) is 0.536. The molecule has 0 aliphatic carbocycles. The first-order chi connectivity index (χ1) is 12.8. The molecule has 1 unspecified atom stereocenters. The van der Waals surface area contributed by atoms with Crippen LogP contribution in [0.1, 0.15) is 19.8 Å². The van der Waals surface area contributed by atoms with Crippen molar-refractivity contribution in [1.82, 2.24) is 9.62 Å². The Bertz CT molecular complexity index is 794. The second-order valence-corrected chi connectivity index (χ2v) is 7.70. The van der Waals surface area contributed by atoms with Crippen LogP contribution in [0.5, 0.6) is 11.5 Å². The molecule has 1 aromatic carbocycles. The van der Waals surface area contributed by atoms with E-state index in [1.54, 1.807) is 6.92 Å². The molecule has 1 saturated heterocycles. The molecule has 1 aliphatic rings. The van der Waals surface area contributed by atoms with Crippen molar-refractivity contribution in [3.05, 3.63) is 18.2 Å². The number of carbonyl (C=O) groups is 2. The summed E-state index contributed by atoms with van der Waals surface area (Å²) in [5.41, 5.74) is 0. The van der Waals surface area contributed by atoms with Crippen LogP contribution in [0.2, 0.25) is 0 Å². The van der Waals surface area contributed by atoms with E-state index in [9.17, 15) is 18.0 Å². The zero-order valence-corrected chi connectivity index (χ0v) is 16.4. The van der Waals surface area contributed by atoms with Gasteiger partial charge in [-0.2, -0.15) is 4.31 Å². The fraction of sp³-hybridized carbons (Fsp3) is 0.529. The SMILES string of the molecule is CCOC(=O)CNC(=O)C1CCCN1S(=O)(=O)c1ccc(OC)c(OC)c1. The van der Waals surface area contributed by atoms with E-state index in [1.807, 2.05) is 0 Å². The number of hydrogen-bond donors (Lipinski definition) is 1. The van der Waals surface area contributed by atoms with Gasteiger partial charge in [-0.1, -0.05) is 0 Å². The number of rotatable bonds is 8. The van der Waals surface area contributed by atoms with Crippen LogP contribution in [-0.4, -0.2) is 64.6 Å². The van der Waals surface area contributed by atoms with Crippen LogP contribution >= 0.6 is 0 Å². The average Bonchev–Trinajstić information content (AvgIpc) is 3.16. The maximum Gasteiger partial charge on any atom is 0.325 e. The largest absolute Gasteiger partial charge is 0.493 e. The summed E-state index contributed by atoms with van der Waals surface area (Å²) in [5.74, 6) is -0.412. The molecule has 27 heavy (non-hydrogen) atoms.